The van der Waals surface area contributed by atoms with Gasteiger partial charge >= 0.3 is 0 Å². The van der Waals surface area contributed by atoms with Gasteiger partial charge in [0.2, 0.25) is 5.88 Å². The van der Waals surface area contributed by atoms with Crippen LogP contribution in [0.4, 0.5) is 5.69 Å². The summed E-state index contributed by atoms with van der Waals surface area (Å²) in [6.07, 6.45) is 3.39. The highest BCUT2D eigenvalue weighted by molar-refractivity contribution is 5.64. The van der Waals surface area contributed by atoms with E-state index in [-0.39, 0.29) is 0 Å². The summed E-state index contributed by atoms with van der Waals surface area (Å²) < 4.78 is 5.00. The van der Waals surface area contributed by atoms with E-state index in [2.05, 4.69) is 9.97 Å². The largest absolute Gasteiger partial charge is 0.481 e. The van der Waals surface area contributed by atoms with Crippen molar-refractivity contribution in [3.05, 3.63) is 36.2 Å². The maximum Gasteiger partial charge on any atom is 0.212 e. The van der Waals surface area contributed by atoms with Crippen molar-refractivity contribution in [1.29, 1.82) is 0 Å². The Morgan fingerprint density at radius 3 is 2.56 bits per heavy atom. The predicted molar refractivity (Wildman–Crippen MR) is 63.2 cm³/mol. The van der Waals surface area contributed by atoms with Crippen LogP contribution in [0.2, 0.25) is 0 Å². The molecule has 4 heteroatoms. The smallest absolute Gasteiger partial charge is 0.212 e. The summed E-state index contributed by atoms with van der Waals surface area (Å²) >= 11 is 0. The normalized spacial score (nSPS) is 10.1. The molecule has 0 unspecified atom stereocenters. The lowest BCUT2D eigenvalue weighted by atomic mass is 10.1. The van der Waals surface area contributed by atoms with E-state index < -0.39 is 0 Å². The average molecular weight is 215 g/mol. The van der Waals surface area contributed by atoms with Crippen LogP contribution in [0.15, 0.2) is 30.6 Å². The van der Waals surface area contributed by atoms with E-state index in [0.29, 0.717) is 11.6 Å². The number of nitrogens with two attached hydrogens (primary N) is 1. The Morgan fingerprint density at radius 2 is 2.00 bits per heavy atom. The molecule has 0 spiro atoms. The van der Waals surface area contributed by atoms with Crippen molar-refractivity contribution >= 4 is 5.69 Å². The van der Waals surface area contributed by atoms with Crippen molar-refractivity contribution in [2.24, 2.45) is 0 Å². The molecule has 16 heavy (non-hydrogen) atoms. The van der Waals surface area contributed by atoms with Crippen LogP contribution in [-0.2, 0) is 0 Å². The zero-order valence-corrected chi connectivity index (χ0v) is 9.27. The monoisotopic (exact) mass is 215 g/mol. The molecule has 0 amide bonds. The summed E-state index contributed by atoms with van der Waals surface area (Å²) in [7, 11) is 1.59. The van der Waals surface area contributed by atoms with Crippen molar-refractivity contribution < 1.29 is 4.74 Å². The van der Waals surface area contributed by atoms with Gasteiger partial charge in [-0.3, -0.25) is 4.98 Å². The molecule has 2 aromatic heterocycles. The van der Waals surface area contributed by atoms with Crippen LogP contribution in [0.5, 0.6) is 5.88 Å². The lowest BCUT2D eigenvalue weighted by Gasteiger charge is -2.06. The van der Waals surface area contributed by atoms with Crippen LogP contribution in [-0.4, -0.2) is 17.1 Å². The van der Waals surface area contributed by atoms with Crippen molar-refractivity contribution in [2.45, 2.75) is 6.92 Å². The molecule has 0 fully saturated rings. The minimum atomic E-state index is 0.594. The van der Waals surface area contributed by atoms with Crippen molar-refractivity contribution in [1.82, 2.24) is 9.97 Å². The van der Waals surface area contributed by atoms with Crippen LogP contribution in [0.25, 0.3) is 11.3 Å². The number of nitrogens with zero attached hydrogens (tertiary/aromatic N) is 2. The topological polar surface area (TPSA) is 61.0 Å². The molecule has 0 saturated heterocycles. The summed E-state index contributed by atoms with van der Waals surface area (Å²) in [6, 6.07) is 5.64. The summed E-state index contributed by atoms with van der Waals surface area (Å²) in [5.74, 6) is 0.594. The maximum atomic E-state index is 5.65. The molecule has 0 atom stereocenters. The molecule has 2 aromatic rings. The number of aryl methyl sites for hydroxylation is 1. The van der Waals surface area contributed by atoms with Crippen LogP contribution in [0.3, 0.4) is 0 Å². The van der Waals surface area contributed by atoms with Crippen molar-refractivity contribution in [3.8, 4) is 17.1 Å². The maximum absolute atomic E-state index is 5.65. The van der Waals surface area contributed by atoms with Gasteiger partial charge in [0.05, 0.1) is 24.7 Å². The highest BCUT2D eigenvalue weighted by atomic mass is 16.5. The number of hydrogen-bond donors (Lipinski definition) is 1. The third-order valence-corrected chi connectivity index (χ3v) is 2.32. The first kappa shape index (κ1) is 10.4. The highest BCUT2D eigenvalue weighted by Crippen LogP contribution is 2.22. The van der Waals surface area contributed by atoms with Crippen LogP contribution >= 0.6 is 0 Å². The lowest BCUT2D eigenvalue weighted by molar-refractivity contribution is 0.398. The molecule has 0 radical (unpaired) electrons. The second-order valence-corrected chi connectivity index (χ2v) is 3.52. The zero-order valence-electron chi connectivity index (χ0n) is 9.27. The molecule has 0 bridgehead atoms. The van der Waals surface area contributed by atoms with Gasteiger partial charge in [-0.1, -0.05) is 0 Å². The van der Waals surface area contributed by atoms with Gasteiger partial charge < -0.3 is 10.5 Å². The first-order chi connectivity index (χ1) is 7.70. The zero-order chi connectivity index (χ0) is 11.5. The number of ether oxygens (including phenoxy) is 1. The number of anilines is 1. The molecule has 2 heterocycles. The Morgan fingerprint density at radius 1 is 1.19 bits per heavy atom. The average Bonchev–Trinajstić information content (AvgIpc) is 2.29. The molecule has 0 aliphatic rings. The van der Waals surface area contributed by atoms with Gasteiger partial charge in [-0.15, -0.1) is 0 Å². The number of methoxy groups -OCH3 is 1. The van der Waals surface area contributed by atoms with Crippen LogP contribution in [0, 0.1) is 6.92 Å². The third kappa shape index (κ3) is 1.95. The Labute approximate surface area is 94.1 Å². The number of hydrogen-bond acceptors (Lipinski definition) is 4. The standard InChI is InChI=1S/C12H13N3O/c1-8-5-10(13)7-15-12(8)9-3-4-11(16-2)14-6-9/h3-7H,13H2,1-2H3. The summed E-state index contributed by atoms with van der Waals surface area (Å²) in [5, 5.41) is 0. The van der Waals surface area contributed by atoms with Gasteiger partial charge in [-0.2, -0.15) is 0 Å². The number of rotatable bonds is 2. The van der Waals surface area contributed by atoms with Gasteiger partial charge in [0.1, 0.15) is 0 Å². The third-order valence-electron chi connectivity index (χ3n) is 2.32. The van der Waals surface area contributed by atoms with E-state index >= 15 is 0 Å². The van der Waals surface area contributed by atoms with E-state index in [0.717, 1.165) is 16.8 Å². The molecular weight excluding hydrogens is 202 g/mol. The molecule has 4 nitrogen and oxygen atoms in total. The minimum absolute atomic E-state index is 0.594. The summed E-state index contributed by atoms with van der Waals surface area (Å²) in [4.78, 5) is 8.44. The fraction of sp³-hybridized carbons (Fsp3) is 0.167. The first-order valence-electron chi connectivity index (χ1n) is 4.93. The quantitative estimate of drug-likeness (QED) is 0.832. The van der Waals surface area contributed by atoms with Gasteiger partial charge in [-0.05, 0) is 24.6 Å². The molecule has 0 aromatic carbocycles. The minimum Gasteiger partial charge on any atom is -0.481 e. The van der Waals surface area contributed by atoms with E-state index in [1.54, 1.807) is 19.5 Å². The second-order valence-electron chi connectivity index (χ2n) is 3.52. The first-order valence-corrected chi connectivity index (χ1v) is 4.93. The molecule has 0 aliphatic carbocycles. The molecule has 2 rings (SSSR count). The van der Waals surface area contributed by atoms with E-state index in [9.17, 15) is 0 Å². The summed E-state index contributed by atoms with van der Waals surface area (Å²) in [5.41, 5.74) is 9.21. The Bertz CT molecular complexity index is 494. The van der Waals surface area contributed by atoms with Gasteiger partial charge in [0, 0.05) is 17.8 Å². The number of nitrogen functional groups attached to an aromatic ring is 1. The van der Waals surface area contributed by atoms with E-state index in [1.165, 1.54) is 0 Å². The molecular formula is C12H13N3O. The fourth-order valence-electron chi connectivity index (χ4n) is 1.54. The van der Waals surface area contributed by atoms with Gasteiger partial charge in [0.25, 0.3) is 0 Å². The van der Waals surface area contributed by atoms with Gasteiger partial charge in [-0.25, -0.2) is 4.98 Å². The van der Waals surface area contributed by atoms with Gasteiger partial charge in [0.15, 0.2) is 0 Å². The highest BCUT2D eigenvalue weighted by Gasteiger charge is 2.04. The number of pyridine rings is 2. The Hall–Kier alpha value is -2.10. The number of aromatic nitrogens is 2. The fourth-order valence-corrected chi connectivity index (χ4v) is 1.54. The van der Waals surface area contributed by atoms with Crippen LogP contribution in [0.1, 0.15) is 5.56 Å². The van der Waals surface area contributed by atoms with E-state index in [4.69, 9.17) is 10.5 Å². The molecule has 0 saturated carbocycles. The van der Waals surface area contributed by atoms with Crippen molar-refractivity contribution in [3.63, 3.8) is 0 Å². The summed E-state index contributed by atoms with van der Waals surface area (Å²) in [6.45, 7) is 1.98. The molecule has 82 valence electrons. The SMILES string of the molecule is COc1ccc(-c2ncc(N)cc2C)cn1. The Kier molecular flexibility index (Phi) is 2.72. The predicted octanol–water partition coefficient (Wildman–Crippen LogP) is 2.04. The lowest BCUT2D eigenvalue weighted by Crippen LogP contribution is -1.93. The molecule has 2 N–H and O–H groups in total. The Balaban J connectivity index is 2.42. The van der Waals surface area contributed by atoms with Crippen LogP contribution < -0.4 is 10.5 Å². The molecule has 0 aliphatic heterocycles. The second kappa shape index (κ2) is 4.18. The van der Waals surface area contributed by atoms with Crippen molar-refractivity contribution in [2.75, 3.05) is 12.8 Å². The van der Waals surface area contributed by atoms with E-state index in [1.807, 2.05) is 25.1 Å².